The molecule has 1 N–H and O–H groups in total. The van der Waals surface area contributed by atoms with Crippen molar-refractivity contribution >= 4 is 29.5 Å². The first-order valence-corrected chi connectivity index (χ1v) is 6.89. The number of aryl methyl sites for hydroxylation is 1. The molecule has 3 rings (SSSR count). The summed E-state index contributed by atoms with van der Waals surface area (Å²) in [5.74, 6) is 1.04. The predicted molar refractivity (Wildman–Crippen MR) is 80.3 cm³/mol. The van der Waals surface area contributed by atoms with Gasteiger partial charge in [0.25, 0.3) is 0 Å². The number of aldehydes is 1. The molecule has 0 saturated heterocycles. The first-order chi connectivity index (χ1) is 10.2. The number of halogens is 1. The van der Waals surface area contributed by atoms with Gasteiger partial charge in [-0.05, 0) is 42.3 Å². The molecule has 0 unspecified atom stereocenters. The fraction of sp³-hybridized carbons (Fsp3) is 0.125. The van der Waals surface area contributed by atoms with E-state index in [4.69, 9.17) is 16.3 Å². The van der Waals surface area contributed by atoms with Gasteiger partial charge in [0, 0.05) is 12.1 Å². The van der Waals surface area contributed by atoms with Crippen molar-refractivity contribution in [3.63, 3.8) is 0 Å². The van der Waals surface area contributed by atoms with Crippen LogP contribution in [0.1, 0.15) is 22.3 Å². The molecule has 2 aromatic rings. The highest BCUT2D eigenvalue weighted by atomic mass is 35.5. The number of carbonyl (C=O) groups is 2. The molecule has 2 aromatic carbocycles. The van der Waals surface area contributed by atoms with Crippen LogP contribution in [0.5, 0.6) is 11.5 Å². The lowest BCUT2D eigenvalue weighted by atomic mass is 10.0. The second-order valence-corrected chi connectivity index (χ2v) is 5.15. The van der Waals surface area contributed by atoms with E-state index in [0.717, 1.165) is 11.3 Å². The molecule has 4 nitrogen and oxygen atoms in total. The van der Waals surface area contributed by atoms with E-state index in [-0.39, 0.29) is 5.91 Å². The Kier molecular flexibility index (Phi) is 3.62. The lowest BCUT2D eigenvalue weighted by Crippen LogP contribution is -2.18. The van der Waals surface area contributed by atoms with Crippen LogP contribution < -0.4 is 10.1 Å². The summed E-state index contributed by atoms with van der Waals surface area (Å²) in [4.78, 5) is 22.4. The number of anilines is 1. The number of carbonyl (C=O) groups excluding carboxylic acids is 2. The standard InChI is InChI=1S/C16H12ClNO3/c17-13-2-1-3-15(12(13)9-19)21-11-5-6-14-10(8-11)4-7-16(20)18-14/h1-3,5-6,8-9H,4,7H2,(H,18,20). The van der Waals surface area contributed by atoms with Crippen molar-refractivity contribution in [1.82, 2.24) is 0 Å². The molecule has 0 fully saturated rings. The Morgan fingerprint density at radius 1 is 1.19 bits per heavy atom. The molecule has 0 aromatic heterocycles. The second kappa shape index (κ2) is 5.58. The zero-order chi connectivity index (χ0) is 14.8. The van der Waals surface area contributed by atoms with Crippen LogP contribution in [-0.4, -0.2) is 12.2 Å². The minimum atomic E-state index is 0.0225. The second-order valence-electron chi connectivity index (χ2n) is 4.74. The van der Waals surface area contributed by atoms with E-state index in [1.807, 2.05) is 6.07 Å². The van der Waals surface area contributed by atoms with Crippen molar-refractivity contribution in [2.75, 3.05) is 5.32 Å². The highest BCUT2D eigenvalue weighted by molar-refractivity contribution is 6.33. The smallest absolute Gasteiger partial charge is 0.224 e. The van der Waals surface area contributed by atoms with Gasteiger partial charge in [-0.1, -0.05) is 17.7 Å². The van der Waals surface area contributed by atoms with Gasteiger partial charge in [0.2, 0.25) is 5.91 Å². The van der Waals surface area contributed by atoms with Crippen LogP contribution in [0.25, 0.3) is 0 Å². The summed E-state index contributed by atoms with van der Waals surface area (Å²) in [5, 5.41) is 3.17. The maximum absolute atomic E-state index is 11.3. The molecule has 5 heteroatoms. The Hall–Kier alpha value is -2.33. The van der Waals surface area contributed by atoms with Crippen LogP contribution in [0.3, 0.4) is 0 Å². The third kappa shape index (κ3) is 2.76. The number of ether oxygens (including phenoxy) is 1. The lowest BCUT2D eigenvalue weighted by molar-refractivity contribution is -0.116. The van der Waals surface area contributed by atoms with Gasteiger partial charge in [0.1, 0.15) is 11.5 Å². The van der Waals surface area contributed by atoms with Gasteiger partial charge < -0.3 is 10.1 Å². The number of hydrogen-bond acceptors (Lipinski definition) is 3. The van der Waals surface area contributed by atoms with Crippen molar-refractivity contribution in [2.24, 2.45) is 0 Å². The number of hydrogen-bond donors (Lipinski definition) is 1. The third-order valence-electron chi connectivity index (χ3n) is 3.33. The molecule has 0 saturated carbocycles. The summed E-state index contributed by atoms with van der Waals surface area (Å²) in [6.45, 7) is 0. The summed E-state index contributed by atoms with van der Waals surface area (Å²) in [6.07, 6.45) is 1.82. The van der Waals surface area contributed by atoms with Gasteiger partial charge in [-0.2, -0.15) is 0 Å². The minimum absolute atomic E-state index is 0.0225. The van der Waals surface area contributed by atoms with Gasteiger partial charge in [0.15, 0.2) is 6.29 Å². The van der Waals surface area contributed by atoms with Gasteiger partial charge in [0.05, 0.1) is 10.6 Å². The molecule has 21 heavy (non-hydrogen) atoms. The van der Waals surface area contributed by atoms with Crippen LogP contribution in [-0.2, 0) is 11.2 Å². The molecule has 0 atom stereocenters. The fourth-order valence-corrected chi connectivity index (χ4v) is 2.48. The maximum atomic E-state index is 11.3. The molecule has 1 amide bonds. The van der Waals surface area contributed by atoms with Crippen LogP contribution in [0.4, 0.5) is 5.69 Å². The van der Waals surface area contributed by atoms with Crippen molar-refractivity contribution in [1.29, 1.82) is 0 Å². The number of amides is 1. The van der Waals surface area contributed by atoms with Crippen molar-refractivity contribution in [3.8, 4) is 11.5 Å². The van der Waals surface area contributed by atoms with Crippen LogP contribution in [0.15, 0.2) is 36.4 Å². The highest BCUT2D eigenvalue weighted by Crippen LogP contribution is 2.32. The quantitative estimate of drug-likeness (QED) is 0.877. The topological polar surface area (TPSA) is 55.4 Å². The van der Waals surface area contributed by atoms with Gasteiger partial charge in [-0.3, -0.25) is 9.59 Å². The average molecular weight is 302 g/mol. The first kappa shape index (κ1) is 13.6. The lowest BCUT2D eigenvalue weighted by Gasteiger charge is -2.18. The van der Waals surface area contributed by atoms with E-state index in [1.54, 1.807) is 30.3 Å². The Morgan fingerprint density at radius 3 is 2.86 bits per heavy atom. The van der Waals surface area contributed by atoms with Crippen LogP contribution in [0.2, 0.25) is 5.02 Å². The molecule has 0 aliphatic carbocycles. The molecular weight excluding hydrogens is 290 g/mol. The summed E-state index contributed by atoms with van der Waals surface area (Å²) >= 11 is 5.97. The van der Waals surface area contributed by atoms with Crippen molar-refractivity contribution < 1.29 is 14.3 Å². The summed E-state index contributed by atoms with van der Waals surface area (Å²) < 4.78 is 5.75. The Labute approximate surface area is 126 Å². The predicted octanol–water partition coefficient (Wildman–Crippen LogP) is 3.83. The van der Waals surface area contributed by atoms with E-state index < -0.39 is 0 Å². The Morgan fingerprint density at radius 2 is 2.05 bits per heavy atom. The zero-order valence-electron chi connectivity index (χ0n) is 11.1. The first-order valence-electron chi connectivity index (χ1n) is 6.51. The van der Waals surface area contributed by atoms with Gasteiger partial charge in [-0.15, -0.1) is 0 Å². The maximum Gasteiger partial charge on any atom is 0.224 e. The molecule has 0 bridgehead atoms. The van der Waals surface area contributed by atoms with Gasteiger partial charge >= 0.3 is 0 Å². The van der Waals surface area contributed by atoms with Crippen LogP contribution >= 0.6 is 11.6 Å². The van der Waals surface area contributed by atoms with E-state index >= 15 is 0 Å². The van der Waals surface area contributed by atoms with E-state index in [1.165, 1.54) is 0 Å². The number of rotatable bonds is 3. The third-order valence-corrected chi connectivity index (χ3v) is 3.66. The molecule has 1 aliphatic heterocycles. The number of fused-ring (bicyclic) bond motifs is 1. The summed E-state index contributed by atoms with van der Waals surface area (Å²) in [6, 6.07) is 10.5. The monoisotopic (exact) mass is 301 g/mol. The highest BCUT2D eigenvalue weighted by Gasteiger charge is 2.16. The van der Waals surface area contributed by atoms with Gasteiger partial charge in [-0.25, -0.2) is 0 Å². The SMILES string of the molecule is O=Cc1c(Cl)cccc1Oc1ccc2c(c1)CCC(=O)N2. The summed E-state index contributed by atoms with van der Waals surface area (Å²) in [5.41, 5.74) is 2.15. The van der Waals surface area contributed by atoms with Crippen molar-refractivity contribution in [3.05, 3.63) is 52.5 Å². The van der Waals surface area contributed by atoms with E-state index in [2.05, 4.69) is 5.32 Å². The molecule has 1 heterocycles. The molecule has 0 radical (unpaired) electrons. The van der Waals surface area contributed by atoms with E-state index in [0.29, 0.717) is 41.2 Å². The fourth-order valence-electron chi connectivity index (χ4n) is 2.27. The normalized spacial score (nSPS) is 13.3. The molecule has 0 spiro atoms. The molecular formula is C16H12ClNO3. The number of benzene rings is 2. The van der Waals surface area contributed by atoms with E-state index in [9.17, 15) is 9.59 Å². The molecule has 106 valence electrons. The Bertz CT molecular complexity index is 727. The Balaban J connectivity index is 1.91. The minimum Gasteiger partial charge on any atom is -0.457 e. The zero-order valence-corrected chi connectivity index (χ0v) is 11.8. The molecule has 1 aliphatic rings. The van der Waals surface area contributed by atoms with Crippen molar-refractivity contribution in [2.45, 2.75) is 12.8 Å². The average Bonchev–Trinajstić information content (AvgIpc) is 2.48. The largest absolute Gasteiger partial charge is 0.457 e. The number of nitrogens with one attached hydrogen (secondary N) is 1. The van der Waals surface area contributed by atoms with Crippen LogP contribution in [0, 0.1) is 0 Å². The summed E-state index contributed by atoms with van der Waals surface area (Å²) in [7, 11) is 0.